The van der Waals surface area contributed by atoms with E-state index in [9.17, 15) is 9.90 Å². The molecule has 4 N–H and O–H groups in total. The third-order valence-electron chi connectivity index (χ3n) is 3.43. The van der Waals surface area contributed by atoms with Gasteiger partial charge in [-0.2, -0.15) is 0 Å². The number of aliphatic hydroxyl groups is 1. The number of hydrogen-bond donors (Lipinski definition) is 3. The van der Waals surface area contributed by atoms with Crippen LogP contribution in [0.3, 0.4) is 0 Å². The minimum atomic E-state index is -0.630. The van der Waals surface area contributed by atoms with Crippen LogP contribution in [0.1, 0.15) is 49.7 Å². The number of hydrogen-bond acceptors (Lipinski definition) is 5. The molecule has 1 rings (SSSR count). The molecule has 1 aromatic rings. The molecule has 0 aliphatic carbocycles. The van der Waals surface area contributed by atoms with Crippen LogP contribution in [0.25, 0.3) is 0 Å². The van der Waals surface area contributed by atoms with E-state index in [4.69, 9.17) is 5.84 Å². The van der Waals surface area contributed by atoms with Crippen molar-refractivity contribution in [2.75, 3.05) is 19.1 Å². The van der Waals surface area contributed by atoms with Crippen molar-refractivity contribution < 1.29 is 9.90 Å². The molecular formula is C14H24N4O2. The predicted octanol–water partition coefficient (Wildman–Crippen LogP) is 1.33. The van der Waals surface area contributed by atoms with Gasteiger partial charge in [-0.3, -0.25) is 4.79 Å². The van der Waals surface area contributed by atoms with Crippen molar-refractivity contribution in [2.45, 2.75) is 39.2 Å². The summed E-state index contributed by atoms with van der Waals surface area (Å²) in [6.07, 6.45) is 0. The van der Waals surface area contributed by atoms with Gasteiger partial charge in [0, 0.05) is 18.3 Å². The fourth-order valence-corrected chi connectivity index (χ4v) is 1.62. The first-order chi connectivity index (χ1) is 9.22. The van der Waals surface area contributed by atoms with Gasteiger partial charge >= 0.3 is 0 Å². The monoisotopic (exact) mass is 280 g/mol. The Labute approximate surface area is 120 Å². The van der Waals surface area contributed by atoms with Gasteiger partial charge in [-0.25, -0.2) is 10.8 Å². The Kier molecular flexibility index (Phi) is 5.08. The third kappa shape index (κ3) is 3.46. The summed E-state index contributed by atoms with van der Waals surface area (Å²) < 4.78 is 0. The molecule has 1 amide bonds. The summed E-state index contributed by atoms with van der Waals surface area (Å²) in [5.74, 6) is 5.86. The molecule has 0 bridgehead atoms. The second-order valence-electron chi connectivity index (χ2n) is 5.80. The Morgan fingerprint density at radius 1 is 1.50 bits per heavy atom. The van der Waals surface area contributed by atoms with Crippen molar-refractivity contribution in [3.05, 3.63) is 23.4 Å². The molecule has 0 unspecified atom stereocenters. The molecule has 0 saturated carbocycles. The molecule has 0 atom stereocenters. The normalized spacial score (nSPS) is 11.6. The number of nitrogens with one attached hydrogen (secondary N) is 1. The van der Waals surface area contributed by atoms with Crippen molar-refractivity contribution in [3.63, 3.8) is 0 Å². The van der Waals surface area contributed by atoms with Crippen molar-refractivity contribution in [3.8, 4) is 0 Å². The van der Waals surface area contributed by atoms with E-state index < -0.39 is 5.54 Å². The molecule has 1 heterocycles. The summed E-state index contributed by atoms with van der Waals surface area (Å²) in [6.45, 7) is 7.49. The first-order valence-electron chi connectivity index (χ1n) is 6.60. The molecule has 1 aromatic heterocycles. The van der Waals surface area contributed by atoms with E-state index in [2.05, 4.69) is 10.4 Å². The van der Waals surface area contributed by atoms with E-state index in [1.54, 1.807) is 33.0 Å². The topological polar surface area (TPSA) is 91.5 Å². The molecule has 20 heavy (non-hydrogen) atoms. The van der Waals surface area contributed by atoms with Crippen LogP contribution in [0.2, 0.25) is 0 Å². The molecule has 0 spiro atoms. The number of nitrogens with zero attached hydrogens (tertiary/aromatic N) is 2. The summed E-state index contributed by atoms with van der Waals surface area (Å²) in [6, 6.07) is 3.37. The van der Waals surface area contributed by atoms with Crippen LogP contribution in [0, 0.1) is 0 Å². The van der Waals surface area contributed by atoms with Gasteiger partial charge in [-0.1, -0.05) is 13.8 Å². The Balaban J connectivity index is 3.18. The number of anilines is 1. The Morgan fingerprint density at radius 3 is 2.55 bits per heavy atom. The van der Waals surface area contributed by atoms with Crippen LogP contribution in [0.15, 0.2) is 12.1 Å². The molecule has 6 nitrogen and oxygen atoms in total. The fraction of sp³-hybridized carbons (Fsp3) is 0.571. The molecular weight excluding hydrogens is 256 g/mol. The van der Waals surface area contributed by atoms with Gasteiger partial charge in [-0.05, 0) is 31.9 Å². The summed E-state index contributed by atoms with van der Waals surface area (Å²) in [4.78, 5) is 18.4. The molecule has 0 aliphatic heterocycles. The summed E-state index contributed by atoms with van der Waals surface area (Å²) >= 11 is 0. The van der Waals surface area contributed by atoms with E-state index in [0.717, 1.165) is 5.69 Å². The van der Waals surface area contributed by atoms with Crippen LogP contribution >= 0.6 is 0 Å². The van der Waals surface area contributed by atoms with E-state index in [1.807, 2.05) is 13.8 Å². The molecule has 112 valence electrons. The van der Waals surface area contributed by atoms with Crippen molar-refractivity contribution in [1.82, 2.24) is 9.88 Å². The zero-order chi connectivity index (χ0) is 15.5. The van der Waals surface area contributed by atoms with Gasteiger partial charge in [0.1, 0.15) is 5.82 Å². The predicted molar refractivity (Wildman–Crippen MR) is 79.4 cm³/mol. The Morgan fingerprint density at radius 2 is 2.10 bits per heavy atom. The van der Waals surface area contributed by atoms with Crippen molar-refractivity contribution in [1.29, 1.82) is 0 Å². The highest BCUT2D eigenvalue weighted by Crippen LogP contribution is 2.21. The first kappa shape index (κ1) is 16.4. The van der Waals surface area contributed by atoms with E-state index >= 15 is 0 Å². The van der Waals surface area contributed by atoms with E-state index in [0.29, 0.717) is 11.4 Å². The smallest absolute Gasteiger partial charge is 0.254 e. The standard InChI is InChI=1S/C14H24N4O2/c1-9(2)11-6-10(7-12(16-11)17-15)13(20)18(5)14(3,4)8-19/h6-7,9,19H,8,15H2,1-5H3,(H,16,17). The Bertz CT molecular complexity index is 486. The number of nitrogens with two attached hydrogens (primary N) is 1. The summed E-state index contributed by atoms with van der Waals surface area (Å²) in [5, 5.41) is 9.37. The number of nitrogen functional groups attached to an aromatic ring is 1. The maximum Gasteiger partial charge on any atom is 0.254 e. The highest BCUT2D eigenvalue weighted by atomic mass is 16.3. The zero-order valence-corrected chi connectivity index (χ0v) is 12.8. The average molecular weight is 280 g/mol. The zero-order valence-electron chi connectivity index (χ0n) is 12.8. The van der Waals surface area contributed by atoms with Gasteiger partial charge in [-0.15, -0.1) is 0 Å². The summed E-state index contributed by atoms with van der Waals surface area (Å²) in [5.41, 5.74) is 3.14. The minimum absolute atomic E-state index is 0.112. The van der Waals surface area contributed by atoms with Crippen LogP contribution in [-0.2, 0) is 0 Å². The maximum atomic E-state index is 12.5. The van der Waals surface area contributed by atoms with E-state index in [-0.39, 0.29) is 18.4 Å². The fourth-order valence-electron chi connectivity index (χ4n) is 1.62. The third-order valence-corrected chi connectivity index (χ3v) is 3.43. The Hall–Kier alpha value is -1.66. The van der Waals surface area contributed by atoms with E-state index in [1.165, 1.54) is 4.90 Å². The lowest BCUT2D eigenvalue weighted by Gasteiger charge is -2.34. The van der Waals surface area contributed by atoms with Gasteiger partial charge in [0.25, 0.3) is 5.91 Å². The quantitative estimate of drug-likeness (QED) is 0.559. The van der Waals surface area contributed by atoms with Gasteiger partial charge in [0.2, 0.25) is 0 Å². The molecule has 0 fully saturated rings. The minimum Gasteiger partial charge on any atom is -0.394 e. The van der Waals surface area contributed by atoms with Gasteiger partial charge < -0.3 is 15.4 Å². The van der Waals surface area contributed by atoms with Gasteiger partial charge in [0.15, 0.2) is 0 Å². The largest absolute Gasteiger partial charge is 0.394 e. The number of aromatic nitrogens is 1. The number of aliphatic hydroxyl groups excluding tert-OH is 1. The number of carbonyl (C=O) groups is 1. The first-order valence-corrected chi connectivity index (χ1v) is 6.60. The maximum absolute atomic E-state index is 12.5. The highest BCUT2D eigenvalue weighted by molar-refractivity contribution is 5.95. The van der Waals surface area contributed by atoms with Crippen molar-refractivity contribution in [2.24, 2.45) is 5.84 Å². The number of rotatable bonds is 5. The molecule has 0 radical (unpaired) electrons. The highest BCUT2D eigenvalue weighted by Gasteiger charge is 2.28. The SMILES string of the molecule is CC(C)c1cc(C(=O)N(C)C(C)(C)CO)cc(NN)n1. The number of pyridine rings is 1. The lowest BCUT2D eigenvalue weighted by atomic mass is 10.0. The van der Waals surface area contributed by atoms with Crippen LogP contribution in [0.5, 0.6) is 0 Å². The van der Waals surface area contributed by atoms with Crippen LogP contribution in [-0.4, -0.2) is 40.1 Å². The van der Waals surface area contributed by atoms with Crippen LogP contribution < -0.4 is 11.3 Å². The molecule has 0 saturated heterocycles. The molecule has 0 aromatic carbocycles. The lowest BCUT2D eigenvalue weighted by molar-refractivity contribution is 0.0473. The number of hydrazine groups is 1. The number of likely N-dealkylation sites (N-methyl/N-ethyl adjacent to an activating group) is 1. The number of carbonyl (C=O) groups excluding carboxylic acids is 1. The lowest BCUT2D eigenvalue weighted by Crippen LogP contribution is -2.47. The number of amides is 1. The second kappa shape index (κ2) is 6.19. The van der Waals surface area contributed by atoms with Crippen LogP contribution in [0.4, 0.5) is 5.82 Å². The van der Waals surface area contributed by atoms with Crippen molar-refractivity contribution >= 4 is 11.7 Å². The second-order valence-corrected chi connectivity index (χ2v) is 5.80. The molecule has 0 aliphatic rings. The summed E-state index contributed by atoms with van der Waals surface area (Å²) in [7, 11) is 1.67. The average Bonchev–Trinajstić information content (AvgIpc) is 2.44. The molecule has 6 heteroatoms. The van der Waals surface area contributed by atoms with Gasteiger partial charge in [0.05, 0.1) is 12.1 Å².